The zero-order chi connectivity index (χ0) is 12.0. The molecule has 0 bridgehead atoms. The van der Waals surface area contributed by atoms with Gasteiger partial charge in [0.2, 0.25) is 0 Å². The third kappa shape index (κ3) is 4.72. The van der Waals surface area contributed by atoms with Gasteiger partial charge in [-0.2, -0.15) is 0 Å². The molecule has 1 heterocycles. The molecule has 1 rings (SSSR count). The number of rotatable bonds is 5. The molecule has 0 aromatic heterocycles. The molecule has 0 aromatic rings. The van der Waals surface area contributed by atoms with Crippen LogP contribution in [0.5, 0.6) is 0 Å². The summed E-state index contributed by atoms with van der Waals surface area (Å²) >= 11 is 0. The number of nitrogens with zero attached hydrogens (tertiary/aromatic N) is 1. The largest absolute Gasteiger partial charge is 0.386 e. The van der Waals surface area contributed by atoms with Crippen LogP contribution in [0.4, 0.5) is 8.78 Å². The second-order valence-electron chi connectivity index (χ2n) is 4.37. The lowest BCUT2D eigenvalue weighted by molar-refractivity contribution is -0.00481. The van der Waals surface area contributed by atoms with Crippen molar-refractivity contribution in [2.45, 2.75) is 44.8 Å². The fourth-order valence-corrected chi connectivity index (χ4v) is 2.05. The number of aliphatic hydroxyl groups is 1. The molecule has 1 saturated heterocycles. The number of hydrogen-bond donors (Lipinski definition) is 2. The Morgan fingerprint density at radius 2 is 2.12 bits per heavy atom. The maximum atomic E-state index is 12.1. The maximum Gasteiger partial charge on any atom is 0.265 e. The zero-order valence-corrected chi connectivity index (χ0v) is 9.83. The highest BCUT2D eigenvalue weighted by atomic mass is 19.3. The van der Waals surface area contributed by atoms with E-state index in [4.69, 9.17) is 5.11 Å². The highest BCUT2D eigenvalue weighted by molar-refractivity contribution is 4.76. The van der Waals surface area contributed by atoms with Crippen LogP contribution in [-0.4, -0.2) is 54.8 Å². The minimum Gasteiger partial charge on any atom is -0.386 e. The molecule has 0 amide bonds. The Morgan fingerprint density at radius 1 is 1.38 bits per heavy atom. The van der Waals surface area contributed by atoms with Crippen molar-refractivity contribution in [2.75, 3.05) is 26.2 Å². The van der Waals surface area contributed by atoms with Gasteiger partial charge in [0.1, 0.15) is 6.10 Å². The van der Waals surface area contributed by atoms with Gasteiger partial charge in [-0.25, -0.2) is 8.78 Å². The molecule has 0 aromatic carbocycles. The fourth-order valence-electron chi connectivity index (χ4n) is 2.05. The van der Waals surface area contributed by atoms with Crippen molar-refractivity contribution in [3.8, 4) is 0 Å². The number of aliphatic hydroxyl groups excluding tert-OH is 1. The summed E-state index contributed by atoms with van der Waals surface area (Å²) in [6.07, 6.45) is -1.11. The zero-order valence-electron chi connectivity index (χ0n) is 9.83. The van der Waals surface area contributed by atoms with Crippen LogP contribution in [0.25, 0.3) is 0 Å². The summed E-state index contributed by atoms with van der Waals surface area (Å²) in [5, 5.41) is 12.0. The molecule has 2 atom stereocenters. The number of alkyl halides is 2. The van der Waals surface area contributed by atoms with E-state index in [1.807, 2.05) is 0 Å². The van der Waals surface area contributed by atoms with Gasteiger partial charge in [0.15, 0.2) is 0 Å². The quantitative estimate of drug-likeness (QED) is 0.749. The average molecular weight is 236 g/mol. The minimum atomic E-state index is -2.65. The van der Waals surface area contributed by atoms with Crippen LogP contribution in [0.1, 0.15) is 26.2 Å². The molecule has 0 aliphatic carbocycles. The highest BCUT2D eigenvalue weighted by Crippen LogP contribution is 2.11. The molecule has 96 valence electrons. The molecular weight excluding hydrogens is 214 g/mol. The number of halogens is 2. The lowest BCUT2D eigenvalue weighted by Gasteiger charge is -2.19. The van der Waals surface area contributed by atoms with Gasteiger partial charge in [0, 0.05) is 12.6 Å². The van der Waals surface area contributed by atoms with Crippen LogP contribution >= 0.6 is 0 Å². The minimum absolute atomic E-state index is 0.00550. The van der Waals surface area contributed by atoms with Gasteiger partial charge in [-0.05, 0) is 38.9 Å². The Balaban J connectivity index is 2.22. The Bertz CT molecular complexity index is 193. The lowest BCUT2D eigenvalue weighted by atomic mass is 10.1. The van der Waals surface area contributed by atoms with Crippen LogP contribution in [-0.2, 0) is 0 Å². The third-order valence-electron chi connectivity index (χ3n) is 3.17. The molecule has 16 heavy (non-hydrogen) atoms. The first-order valence-electron chi connectivity index (χ1n) is 6.05. The second kappa shape index (κ2) is 7.14. The van der Waals surface area contributed by atoms with E-state index in [2.05, 4.69) is 17.1 Å². The Labute approximate surface area is 95.8 Å². The van der Waals surface area contributed by atoms with Gasteiger partial charge < -0.3 is 15.3 Å². The van der Waals surface area contributed by atoms with E-state index in [1.165, 1.54) is 0 Å². The van der Waals surface area contributed by atoms with Crippen LogP contribution < -0.4 is 5.32 Å². The van der Waals surface area contributed by atoms with Crippen LogP contribution in [0.15, 0.2) is 0 Å². The SMILES string of the molecule is CCN1CCCC(NCC(O)C(F)F)CC1. The third-order valence-corrected chi connectivity index (χ3v) is 3.17. The van der Waals surface area contributed by atoms with E-state index in [0.29, 0.717) is 0 Å². The summed E-state index contributed by atoms with van der Waals surface area (Å²) in [6.45, 7) is 5.28. The van der Waals surface area contributed by atoms with E-state index in [0.717, 1.165) is 38.9 Å². The smallest absolute Gasteiger partial charge is 0.265 e. The normalized spacial score (nSPS) is 25.7. The summed E-state index contributed by atoms with van der Waals surface area (Å²) in [4.78, 5) is 2.37. The molecule has 1 aliphatic rings. The molecule has 5 heteroatoms. The van der Waals surface area contributed by atoms with Crippen LogP contribution in [0.2, 0.25) is 0 Å². The summed E-state index contributed by atoms with van der Waals surface area (Å²) in [7, 11) is 0. The monoisotopic (exact) mass is 236 g/mol. The summed E-state index contributed by atoms with van der Waals surface area (Å²) in [5.74, 6) is 0. The predicted octanol–water partition coefficient (Wildman–Crippen LogP) is 1.08. The van der Waals surface area contributed by atoms with Crippen molar-refractivity contribution in [1.82, 2.24) is 10.2 Å². The van der Waals surface area contributed by atoms with E-state index in [-0.39, 0.29) is 12.6 Å². The molecule has 0 saturated carbocycles. The van der Waals surface area contributed by atoms with Crippen LogP contribution in [0, 0.1) is 0 Å². The molecule has 0 spiro atoms. The van der Waals surface area contributed by atoms with Crippen molar-refractivity contribution in [1.29, 1.82) is 0 Å². The number of hydrogen-bond acceptors (Lipinski definition) is 3. The molecule has 0 radical (unpaired) electrons. The van der Waals surface area contributed by atoms with Gasteiger partial charge in [-0.15, -0.1) is 0 Å². The van der Waals surface area contributed by atoms with Gasteiger partial charge >= 0.3 is 0 Å². The van der Waals surface area contributed by atoms with Gasteiger partial charge in [0.25, 0.3) is 6.43 Å². The Hall–Kier alpha value is -0.260. The summed E-state index contributed by atoms with van der Waals surface area (Å²) in [5.41, 5.74) is 0. The maximum absolute atomic E-state index is 12.1. The van der Waals surface area contributed by atoms with E-state index < -0.39 is 12.5 Å². The second-order valence-corrected chi connectivity index (χ2v) is 4.37. The van der Waals surface area contributed by atoms with Crippen molar-refractivity contribution in [3.05, 3.63) is 0 Å². The molecule has 3 nitrogen and oxygen atoms in total. The first kappa shape index (κ1) is 13.8. The van der Waals surface area contributed by atoms with Gasteiger partial charge in [-0.3, -0.25) is 0 Å². The molecule has 1 fully saturated rings. The predicted molar refractivity (Wildman–Crippen MR) is 59.8 cm³/mol. The fraction of sp³-hybridized carbons (Fsp3) is 1.00. The van der Waals surface area contributed by atoms with Crippen molar-refractivity contribution in [2.24, 2.45) is 0 Å². The van der Waals surface area contributed by atoms with Crippen molar-refractivity contribution in [3.63, 3.8) is 0 Å². The van der Waals surface area contributed by atoms with Crippen molar-refractivity contribution >= 4 is 0 Å². The molecule has 2 unspecified atom stereocenters. The summed E-state index contributed by atoms with van der Waals surface area (Å²) < 4.78 is 24.2. The lowest BCUT2D eigenvalue weighted by Crippen LogP contribution is -2.39. The van der Waals surface area contributed by atoms with Crippen LogP contribution in [0.3, 0.4) is 0 Å². The first-order chi connectivity index (χ1) is 7.63. The Morgan fingerprint density at radius 3 is 2.75 bits per heavy atom. The van der Waals surface area contributed by atoms with Crippen molar-refractivity contribution < 1.29 is 13.9 Å². The summed E-state index contributed by atoms with van der Waals surface area (Å²) in [6, 6.07) is 0.268. The number of likely N-dealkylation sites (tertiary alicyclic amines) is 1. The standard InChI is InChI=1S/C11H22F2N2O/c1-2-15-6-3-4-9(5-7-15)14-8-10(16)11(12)13/h9-11,14,16H,2-8H2,1H3. The first-order valence-corrected chi connectivity index (χ1v) is 6.05. The van der Waals surface area contributed by atoms with Gasteiger partial charge in [-0.1, -0.05) is 6.92 Å². The Kier molecular flexibility index (Phi) is 6.16. The van der Waals surface area contributed by atoms with E-state index in [1.54, 1.807) is 0 Å². The number of nitrogens with one attached hydrogen (secondary N) is 1. The molecule has 1 aliphatic heterocycles. The van der Waals surface area contributed by atoms with E-state index >= 15 is 0 Å². The molecule has 2 N–H and O–H groups in total. The van der Waals surface area contributed by atoms with Gasteiger partial charge in [0.05, 0.1) is 0 Å². The highest BCUT2D eigenvalue weighted by Gasteiger charge is 2.20. The average Bonchev–Trinajstić information content (AvgIpc) is 2.50. The topological polar surface area (TPSA) is 35.5 Å². The molecular formula is C11H22F2N2O. The van der Waals surface area contributed by atoms with E-state index in [9.17, 15) is 8.78 Å².